The Morgan fingerprint density at radius 1 is 1.09 bits per heavy atom. The third-order valence-corrected chi connectivity index (χ3v) is 7.32. The van der Waals surface area contributed by atoms with E-state index in [1.54, 1.807) is 0 Å². The van der Waals surface area contributed by atoms with Crippen LogP contribution in [0.2, 0.25) is 0 Å². The topological polar surface area (TPSA) is 73.0 Å². The van der Waals surface area contributed by atoms with Crippen molar-refractivity contribution in [1.29, 1.82) is 0 Å². The van der Waals surface area contributed by atoms with Crippen molar-refractivity contribution >= 4 is 23.4 Å². The summed E-state index contributed by atoms with van der Waals surface area (Å²) >= 11 is 0. The molecule has 2 aliphatic heterocycles. The Morgan fingerprint density at radius 2 is 1.78 bits per heavy atom. The van der Waals surface area contributed by atoms with Gasteiger partial charge in [-0.2, -0.15) is 0 Å². The van der Waals surface area contributed by atoms with Crippen LogP contribution in [0.3, 0.4) is 0 Å². The van der Waals surface area contributed by atoms with E-state index in [0.717, 1.165) is 24.9 Å². The highest BCUT2D eigenvalue weighted by Crippen LogP contribution is 2.34. The molecule has 3 fully saturated rings. The molecule has 0 aromatic heterocycles. The number of nitrogens with zero attached hydrogens (tertiary/aromatic N) is 3. The summed E-state index contributed by atoms with van der Waals surface area (Å²) in [6.45, 7) is 9.30. The smallest absolute Gasteiger partial charge is 0.237 e. The Hall–Kier alpha value is -2.41. The molecular formula is C25H36N4O3. The van der Waals surface area contributed by atoms with E-state index in [1.807, 2.05) is 34.9 Å². The predicted molar refractivity (Wildman–Crippen MR) is 124 cm³/mol. The average Bonchev–Trinajstić information content (AvgIpc) is 3.55. The van der Waals surface area contributed by atoms with E-state index < -0.39 is 0 Å². The first-order chi connectivity index (χ1) is 15.4. The fourth-order valence-corrected chi connectivity index (χ4v) is 4.78. The molecule has 7 heteroatoms. The minimum Gasteiger partial charge on any atom is -0.352 e. The second-order valence-electron chi connectivity index (χ2n) is 9.59. The second-order valence-corrected chi connectivity index (χ2v) is 9.59. The van der Waals surface area contributed by atoms with Crippen LogP contribution in [-0.2, 0) is 14.4 Å². The molecule has 0 spiro atoms. The maximum absolute atomic E-state index is 13.2. The summed E-state index contributed by atoms with van der Waals surface area (Å²) in [4.78, 5) is 44.2. The largest absolute Gasteiger partial charge is 0.352 e. The third kappa shape index (κ3) is 4.82. The van der Waals surface area contributed by atoms with Crippen molar-refractivity contribution in [2.24, 2.45) is 5.92 Å². The zero-order valence-electron chi connectivity index (χ0n) is 19.5. The molecule has 1 N–H and O–H groups in total. The minimum absolute atomic E-state index is 0.0307. The van der Waals surface area contributed by atoms with Gasteiger partial charge in [0, 0.05) is 50.9 Å². The summed E-state index contributed by atoms with van der Waals surface area (Å²) in [6.07, 6.45) is 3.44. The average molecular weight is 441 g/mol. The molecular weight excluding hydrogens is 404 g/mol. The number of amides is 3. The first-order valence-corrected chi connectivity index (χ1v) is 12.1. The van der Waals surface area contributed by atoms with Crippen LogP contribution in [0.25, 0.3) is 0 Å². The Bertz CT molecular complexity index is 860. The maximum Gasteiger partial charge on any atom is 0.237 e. The quantitative estimate of drug-likeness (QED) is 0.707. The molecule has 1 saturated carbocycles. The second kappa shape index (κ2) is 9.61. The third-order valence-electron chi connectivity index (χ3n) is 7.32. The van der Waals surface area contributed by atoms with Crippen molar-refractivity contribution < 1.29 is 14.4 Å². The van der Waals surface area contributed by atoms with Crippen molar-refractivity contribution in [1.82, 2.24) is 15.1 Å². The highest BCUT2D eigenvalue weighted by Gasteiger charge is 2.39. The molecule has 7 nitrogen and oxygen atoms in total. The van der Waals surface area contributed by atoms with Crippen molar-refractivity contribution in [2.45, 2.75) is 64.5 Å². The van der Waals surface area contributed by atoms with Crippen molar-refractivity contribution in [3.8, 4) is 0 Å². The molecule has 1 aromatic carbocycles. The normalized spacial score (nSPS) is 23.8. The van der Waals surface area contributed by atoms with Gasteiger partial charge in [0.1, 0.15) is 0 Å². The van der Waals surface area contributed by atoms with Gasteiger partial charge in [-0.25, -0.2) is 0 Å². The van der Waals surface area contributed by atoms with Gasteiger partial charge in [0.2, 0.25) is 17.7 Å². The molecule has 3 aliphatic rings. The molecule has 2 heterocycles. The maximum atomic E-state index is 13.2. The van der Waals surface area contributed by atoms with Crippen LogP contribution >= 0.6 is 0 Å². The summed E-state index contributed by atoms with van der Waals surface area (Å²) < 4.78 is 0. The van der Waals surface area contributed by atoms with Gasteiger partial charge in [-0.15, -0.1) is 0 Å². The molecule has 0 radical (unpaired) electrons. The number of para-hydroxylation sites is 1. The Kier molecular flexibility index (Phi) is 6.84. The summed E-state index contributed by atoms with van der Waals surface area (Å²) in [7, 11) is 0. The molecule has 0 bridgehead atoms. The van der Waals surface area contributed by atoms with E-state index in [2.05, 4.69) is 30.1 Å². The van der Waals surface area contributed by atoms with Crippen molar-refractivity contribution in [2.75, 3.05) is 37.6 Å². The van der Waals surface area contributed by atoms with Crippen molar-refractivity contribution in [3.05, 3.63) is 29.8 Å². The fraction of sp³-hybridized carbons (Fsp3) is 0.640. The number of carbonyl (C=O) groups is 3. The lowest BCUT2D eigenvalue weighted by atomic mass is 9.96. The van der Waals surface area contributed by atoms with Gasteiger partial charge in [0.25, 0.3) is 0 Å². The zero-order valence-corrected chi connectivity index (χ0v) is 19.5. The number of carbonyl (C=O) groups excluding carboxylic acids is 3. The fourth-order valence-electron chi connectivity index (χ4n) is 4.78. The SMILES string of the molecule is CCC(C)c1ccccc1N1CC(C(=O)N2CCN(C(C)C(=O)NC3CC3)CC2)CC1=O. The van der Waals surface area contributed by atoms with Gasteiger partial charge in [-0.05, 0) is 43.7 Å². The van der Waals surface area contributed by atoms with E-state index in [-0.39, 0.29) is 36.1 Å². The highest BCUT2D eigenvalue weighted by atomic mass is 16.2. The first-order valence-electron chi connectivity index (χ1n) is 12.1. The summed E-state index contributed by atoms with van der Waals surface area (Å²) in [5.41, 5.74) is 2.12. The number of hydrogen-bond donors (Lipinski definition) is 1. The molecule has 174 valence electrons. The molecule has 32 heavy (non-hydrogen) atoms. The van der Waals surface area contributed by atoms with Crippen LogP contribution in [0.4, 0.5) is 5.69 Å². The molecule has 1 aromatic rings. The minimum atomic E-state index is -0.297. The summed E-state index contributed by atoms with van der Waals surface area (Å²) in [6, 6.07) is 8.25. The lowest BCUT2D eigenvalue weighted by Gasteiger charge is -2.38. The van der Waals surface area contributed by atoms with Crippen LogP contribution < -0.4 is 10.2 Å². The Morgan fingerprint density at radius 3 is 2.44 bits per heavy atom. The monoisotopic (exact) mass is 440 g/mol. The highest BCUT2D eigenvalue weighted by molar-refractivity contribution is 6.01. The number of hydrogen-bond acceptors (Lipinski definition) is 4. The van der Waals surface area contributed by atoms with Crippen molar-refractivity contribution in [3.63, 3.8) is 0 Å². The molecule has 3 atom stereocenters. The van der Waals surface area contributed by atoms with Gasteiger partial charge in [0.15, 0.2) is 0 Å². The van der Waals surface area contributed by atoms with Crippen LogP contribution in [0, 0.1) is 5.92 Å². The van der Waals surface area contributed by atoms with E-state index >= 15 is 0 Å². The summed E-state index contributed by atoms with van der Waals surface area (Å²) in [5, 5.41) is 3.07. The first kappa shape index (κ1) is 22.8. The van der Waals surface area contributed by atoms with Gasteiger partial charge < -0.3 is 15.1 Å². The van der Waals surface area contributed by atoms with E-state index in [9.17, 15) is 14.4 Å². The number of piperazine rings is 1. The lowest BCUT2D eigenvalue weighted by Crippen LogP contribution is -2.56. The van der Waals surface area contributed by atoms with Gasteiger partial charge in [0.05, 0.1) is 12.0 Å². The van der Waals surface area contributed by atoms with Crippen LogP contribution in [-0.4, -0.2) is 72.3 Å². The van der Waals surface area contributed by atoms with Crippen LogP contribution in [0.5, 0.6) is 0 Å². The standard InChI is InChI=1S/C25H36N4O3/c1-4-17(2)21-7-5-6-8-22(21)29-16-19(15-23(29)30)25(32)28-13-11-27(12-14-28)18(3)24(31)26-20-9-10-20/h5-8,17-20H,4,9-16H2,1-3H3,(H,26,31). The zero-order chi connectivity index (χ0) is 22.8. The molecule has 1 aliphatic carbocycles. The van der Waals surface area contributed by atoms with Crippen LogP contribution in [0.15, 0.2) is 24.3 Å². The van der Waals surface area contributed by atoms with Gasteiger partial charge >= 0.3 is 0 Å². The molecule has 3 amide bonds. The number of rotatable bonds is 7. The Balaban J connectivity index is 1.34. The predicted octanol–water partition coefficient (Wildman–Crippen LogP) is 2.36. The van der Waals surface area contributed by atoms with Gasteiger partial charge in [-0.3, -0.25) is 19.3 Å². The molecule has 3 unspecified atom stereocenters. The van der Waals surface area contributed by atoms with E-state index in [4.69, 9.17) is 0 Å². The van der Waals surface area contributed by atoms with Crippen LogP contribution in [0.1, 0.15) is 57.9 Å². The summed E-state index contributed by atoms with van der Waals surface area (Å²) in [5.74, 6) is 0.250. The lowest BCUT2D eigenvalue weighted by molar-refractivity contribution is -0.138. The number of nitrogens with one attached hydrogen (secondary N) is 1. The molecule has 2 saturated heterocycles. The Labute approximate surface area is 191 Å². The number of anilines is 1. The van der Waals surface area contributed by atoms with E-state index in [1.165, 1.54) is 5.56 Å². The number of benzene rings is 1. The van der Waals surface area contributed by atoms with E-state index in [0.29, 0.717) is 44.7 Å². The molecule has 4 rings (SSSR count). The van der Waals surface area contributed by atoms with Gasteiger partial charge in [-0.1, -0.05) is 32.0 Å².